The smallest absolute Gasteiger partial charge is 0.330 e. The summed E-state index contributed by atoms with van der Waals surface area (Å²) < 4.78 is 11.1. The van der Waals surface area contributed by atoms with E-state index >= 15 is 0 Å². The lowest BCUT2D eigenvalue weighted by atomic mass is 9.94. The van der Waals surface area contributed by atoms with Crippen molar-refractivity contribution in [3.8, 4) is 0 Å². The zero-order valence-corrected chi connectivity index (χ0v) is 13.3. The molecule has 2 aliphatic rings. The third-order valence-corrected chi connectivity index (χ3v) is 4.28. The monoisotopic (exact) mass is 330 g/mol. The topological polar surface area (TPSA) is 76.0 Å². The minimum Gasteiger partial charge on any atom is -0.456 e. The number of aliphatic hydroxyl groups excluding tert-OH is 2. The van der Waals surface area contributed by atoms with Crippen molar-refractivity contribution in [3.05, 3.63) is 54.1 Å². The van der Waals surface area contributed by atoms with Crippen molar-refractivity contribution in [1.29, 1.82) is 0 Å². The molecule has 0 amide bonds. The van der Waals surface area contributed by atoms with E-state index in [1.807, 2.05) is 42.5 Å². The Morgan fingerprint density at radius 3 is 2.75 bits per heavy atom. The van der Waals surface area contributed by atoms with Crippen LogP contribution in [0.2, 0.25) is 0 Å². The van der Waals surface area contributed by atoms with Gasteiger partial charge in [-0.1, -0.05) is 42.5 Å². The van der Waals surface area contributed by atoms with Gasteiger partial charge in [-0.05, 0) is 18.1 Å². The van der Waals surface area contributed by atoms with Crippen LogP contribution in [0.3, 0.4) is 0 Å². The van der Waals surface area contributed by atoms with Crippen molar-refractivity contribution < 1.29 is 24.5 Å². The maximum absolute atomic E-state index is 11.3. The van der Waals surface area contributed by atoms with Crippen molar-refractivity contribution in [2.24, 2.45) is 0 Å². The van der Waals surface area contributed by atoms with Crippen LogP contribution in [0, 0.1) is 0 Å². The van der Waals surface area contributed by atoms with Crippen molar-refractivity contribution >= 4 is 12.0 Å². The highest BCUT2D eigenvalue weighted by Gasteiger charge is 2.33. The van der Waals surface area contributed by atoms with Gasteiger partial charge in [0.05, 0.1) is 18.3 Å². The number of esters is 1. The third kappa shape index (κ3) is 4.54. The largest absolute Gasteiger partial charge is 0.456 e. The minimum atomic E-state index is -0.830. The average Bonchev–Trinajstić information content (AvgIpc) is 2.57. The van der Waals surface area contributed by atoms with Crippen molar-refractivity contribution in [3.63, 3.8) is 0 Å². The fourth-order valence-corrected chi connectivity index (χ4v) is 3.09. The molecule has 128 valence electrons. The van der Waals surface area contributed by atoms with Gasteiger partial charge in [0.15, 0.2) is 0 Å². The number of carbonyl (C=O) groups excluding carboxylic acids is 1. The summed E-state index contributed by atoms with van der Waals surface area (Å²) in [6.45, 7) is 0. The molecule has 1 aromatic carbocycles. The van der Waals surface area contributed by atoms with E-state index in [9.17, 15) is 15.0 Å². The summed E-state index contributed by atoms with van der Waals surface area (Å²) >= 11 is 0. The van der Waals surface area contributed by atoms with Crippen molar-refractivity contribution in [2.75, 3.05) is 0 Å². The van der Waals surface area contributed by atoms with E-state index in [4.69, 9.17) is 9.47 Å². The quantitative estimate of drug-likeness (QED) is 0.824. The molecule has 1 fully saturated rings. The maximum Gasteiger partial charge on any atom is 0.330 e. The van der Waals surface area contributed by atoms with Gasteiger partial charge in [-0.2, -0.15) is 0 Å². The molecule has 24 heavy (non-hydrogen) atoms. The summed E-state index contributed by atoms with van der Waals surface area (Å²) in [7, 11) is 0. The zero-order valence-electron chi connectivity index (χ0n) is 13.3. The Kier molecular flexibility index (Phi) is 5.45. The molecule has 0 bridgehead atoms. The molecule has 0 aromatic heterocycles. The minimum absolute atomic E-state index is 0.203. The fraction of sp³-hybridized carbons (Fsp3) is 0.421. The van der Waals surface area contributed by atoms with E-state index in [2.05, 4.69) is 0 Å². The molecule has 5 nitrogen and oxygen atoms in total. The number of rotatable bonds is 4. The Balaban J connectivity index is 1.60. The second-order valence-electron chi connectivity index (χ2n) is 6.25. The van der Waals surface area contributed by atoms with E-state index in [1.54, 1.807) is 0 Å². The number of hydrogen-bond donors (Lipinski definition) is 2. The first-order valence-corrected chi connectivity index (χ1v) is 8.24. The van der Waals surface area contributed by atoms with Crippen molar-refractivity contribution in [1.82, 2.24) is 0 Å². The molecule has 1 saturated heterocycles. The number of carbonyl (C=O) groups is 1. The van der Waals surface area contributed by atoms with E-state index in [1.165, 1.54) is 12.2 Å². The van der Waals surface area contributed by atoms with Crippen LogP contribution in [0.4, 0.5) is 0 Å². The summed E-state index contributed by atoms with van der Waals surface area (Å²) in [5.41, 5.74) is 1.07. The van der Waals surface area contributed by atoms with Crippen LogP contribution in [0.5, 0.6) is 0 Å². The SMILES string of the molecule is O=C1C=C[C@@H](O)[C@@H](C[C@H]2C[C@H](O)C[C@@H](/C=C/c3ccccc3)O2)O1. The third-order valence-electron chi connectivity index (χ3n) is 4.28. The molecule has 0 aliphatic carbocycles. The standard InChI is InChI=1S/C19H22O5/c20-14-10-15(7-6-13-4-2-1-3-5-13)23-16(11-14)12-18-17(21)8-9-19(22)24-18/h1-9,14-18,20-21H,10-12H2/b7-6+/t14-,15-,16-,17-,18-/m1/s1. The number of cyclic esters (lactones) is 1. The summed E-state index contributed by atoms with van der Waals surface area (Å²) in [6.07, 6.45) is 5.54. The zero-order chi connectivity index (χ0) is 16.9. The predicted octanol–water partition coefficient (Wildman–Crippen LogP) is 1.84. The summed E-state index contributed by atoms with van der Waals surface area (Å²) in [6, 6.07) is 9.88. The first-order valence-electron chi connectivity index (χ1n) is 8.24. The predicted molar refractivity (Wildman–Crippen MR) is 89.0 cm³/mol. The molecule has 5 atom stereocenters. The highest BCUT2D eigenvalue weighted by Crippen LogP contribution is 2.26. The first kappa shape index (κ1) is 16.9. The van der Waals surface area contributed by atoms with Gasteiger partial charge in [0.2, 0.25) is 0 Å². The molecule has 2 aliphatic heterocycles. The van der Waals surface area contributed by atoms with E-state index in [0.29, 0.717) is 19.3 Å². The molecule has 1 aromatic rings. The van der Waals surface area contributed by atoms with Crippen LogP contribution in [0.15, 0.2) is 48.6 Å². The van der Waals surface area contributed by atoms with E-state index in [-0.39, 0.29) is 12.2 Å². The molecule has 0 spiro atoms. The molecule has 3 rings (SSSR count). The van der Waals surface area contributed by atoms with Gasteiger partial charge in [0.25, 0.3) is 0 Å². The van der Waals surface area contributed by atoms with Gasteiger partial charge in [-0.15, -0.1) is 0 Å². The van der Waals surface area contributed by atoms with Crippen LogP contribution >= 0.6 is 0 Å². The summed E-state index contributed by atoms with van der Waals surface area (Å²) in [4.78, 5) is 11.3. The van der Waals surface area contributed by atoms with Crippen LogP contribution < -0.4 is 0 Å². The normalized spacial score (nSPS) is 33.6. The Morgan fingerprint density at radius 1 is 1.17 bits per heavy atom. The number of ether oxygens (including phenoxy) is 2. The van der Waals surface area contributed by atoms with Gasteiger partial charge < -0.3 is 19.7 Å². The molecule has 2 N–H and O–H groups in total. The number of benzene rings is 1. The summed E-state index contributed by atoms with van der Waals surface area (Å²) in [5.74, 6) is -0.456. The Hall–Kier alpha value is -1.95. The van der Waals surface area contributed by atoms with Gasteiger partial charge in [0, 0.05) is 18.9 Å². The molecular formula is C19H22O5. The molecule has 2 heterocycles. The molecule has 0 saturated carbocycles. The lowest BCUT2D eigenvalue weighted by molar-refractivity contribution is -0.155. The van der Waals surface area contributed by atoms with Crippen LogP contribution in [-0.4, -0.2) is 46.7 Å². The van der Waals surface area contributed by atoms with Gasteiger partial charge in [0.1, 0.15) is 12.2 Å². The van der Waals surface area contributed by atoms with Crippen molar-refractivity contribution in [2.45, 2.75) is 49.8 Å². The maximum atomic E-state index is 11.3. The van der Waals surface area contributed by atoms with Crippen LogP contribution in [0.1, 0.15) is 24.8 Å². The second-order valence-corrected chi connectivity index (χ2v) is 6.25. The highest BCUT2D eigenvalue weighted by atomic mass is 16.6. The van der Waals surface area contributed by atoms with E-state index in [0.717, 1.165) is 5.56 Å². The van der Waals surface area contributed by atoms with Gasteiger partial charge in [-0.3, -0.25) is 0 Å². The number of hydrogen-bond acceptors (Lipinski definition) is 5. The average molecular weight is 330 g/mol. The van der Waals surface area contributed by atoms with E-state index < -0.39 is 24.3 Å². The highest BCUT2D eigenvalue weighted by molar-refractivity contribution is 5.83. The Labute approximate surface area is 141 Å². The molecule has 0 radical (unpaired) electrons. The van der Waals surface area contributed by atoms with Crippen LogP contribution in [0.25, 0.3) is 6.08 Å². The fourth-order valence-electron chi connectivity index (χ4n) is 3.09. The van der Waals surface area contributed by atoms with Gasteiger partial charge >= 0.3 is 5.97 Å². The summed E-state index contributed by atoms with van der Waals surface area (Å²) in [5, 5.41) is 20.0. The Morgan fingerprint density at radius 2 is 1.96 bits per heavy atom. The molecule has 0 unspecified atom stereocenters. The first-order chi connectivity index (χ1) is 11.6. The lowest BCUT2D eigenvalue weighted by Crippen LogP contribution is -2.41. The number of aliphatic hydroxyl groups is 2. The molecule has 5 heteroatoms. The molecular weight excluding hydrogens is 308 g/mol. The van der Waals surface area contributed by atoms with Crippen LogP contribution in [-0.2, 0) is 14.3 Å². The van der Waals surface area contributed by atoms with Gasteiger partial charge in [-0.25, -0.2) is 4.79 Å². The Bertz CT molecular complexity index is 609. The lowest BCUT2D eigenvalue weighted by Gasteiger charge is -2.34. The second kappa shape index (κ2) is 7.75.